The minimum Gasteiger partial charge on any atom is -0.259 e. The Balaban J connectivity index is 3.09. The van der Waals surface area contributed by atoms with Gasteiger partial charge >= 0.3 is 0 Å². The van der Waals surface area contributed by atoms with Crippen molar-refractivity contribution in [1.29, 1.82) is 0 Å². The smallest absolute Gasteiger partial charge is 0.0600 e. The highest BCUT2D eigenvalue weighted by Crippen LogP contribution is 2.17. The number of rotatable bonds is 0. The standard InChI is InChI=1S/C6H5BrClN/c1-4-6(7)2-5(8)3-9-4/h2-3H,1H3/i1D2. The van der Waals surface area contributed by atoms with Gasteiger partial charge in [-0.15, -0.1) is 0 Å². The maximum atomic E-state index is 7.06. The molecular weight excluding hydrogens is 201 g/mol. The van der Waals surface area contributed by atoms with Crippen molar-refractivity contribution >= 4 is 27.5 Å². The first kappa shape index (κ1) is 4.69. The molecule has 1 rings (SSSR count). The minimum absolute atomic E-state index is 0.384. The summed E-state index contributed by atoms with van der Waals surface area (Å²) >= 11 is 8.77. The van der Waals surface area contributed by atoms with Crippen LogP contribution in [-0.2, 0) is 0 Å². The quantitative estimate of drug-likeness (QED) is 0.639. The lowest BCUT2D eigenvalue weighted by molar-refractivity contribution is 1.18. The molecule has 0 fully saturated rings. The Kier molecular flexibility index (Phi) is 1.39. The molecule has 1 aromatic heterocycles. The highest BCUT2D eigenvalue weighted by Gasteiger charge is 1.93. The van der Waals surface area contributed by atoms with Crippen molar-refractivity contribution in [2.24, 2.45) is 0 Å². The number of aromatic nitrogens is 1. The van der Waals surface area contributed by atoms with Crippen LogP contribution in [0.1, 0.15) is 8.44 Å². The van der Waals surface area contributed by atoms with Crippen LogP contribution in [0.2, 0.25) is 5.02 Å². The molecule has 0 radical (unpaired) electrons. The Labute approximate surface area is 70.0 Å². The van der Waals surface area contributed by atoms with Crippen LogP contribution in [0.5, 0.6) is 0 Å². The third-order valence-corrected chi connectivity index (χ3v) is 1.68. The molecule has 9 heavy (non-hydrogen) atoms. The summed E-state index contributed by atoms with van der Waals surface area (Å²) < 4.78 is 14.7. The van der Waals surface area contributed by atoms with Crippen molar-refractivity contribution in [3.05, 3.63) is 27.5 Å². The number of hydrogen-bond donors (Lipinski definition) is 0. The van der Waals surface area contributed by atoms with Crippen LogP contribution in [0.4, 0.5) is 0 Å². The number of halogens is 2. The van der Waals surface area contributed by atoms with Crippen LogP contribution in [0, 0.1) is 6.88 Å². The number of hydrogen-bond acceptors (Lipinski definition) is 1. The van der Waals surface area contributed by atoms with Gasteiger partial charge in [0.05, 0.1) is 10.7 Å². The first-order valence-corrected chi connectivity index (χ1v) is 3.44. The monoisotopic (exact) mass is 207 g/mol. The largest absolute Gasteiger partial charge is 0.259 e. The SMILES string of the molecule is [2H]C([2H])c1ncc(Cl)cc1Br. The molecule has 0 spiro atoms. The number of pyridine rings is 1. The van der Waals surface area contributed by atoms with Gasteiger partial charge in [-0.3, -0.25) is 4.98 Å². The van der Waals surface area contributed by atoms with Gasteiger partial charge < -0.3 is 0 Å². The lowest BCUT2D eigenvalue weighted by Crippen LogP contribution is -1.79. The molecule has 0 saturated heterocycles. The van der Waals surface area contributed by atoms with Gasteiger partial charge in [0.2, 0.25) is 0 Å². The summed E-state index contributed by atoms with van der Waals surface area (Å²) in [5.41, 5.74) is 0.384. The second-order valence-corrected chi connectivity index (χ2v) is 2.81. The highest BCUT2D eigenvalue weighted by molar-refractivity contribution is 9.10. The van der Waals surface area contributed by atoms with Crippen molar-refractivity contribution in [3.63, 3.8) is 0 Å². The lowest BCUT2D eigenvalue weighted by Gasteiger charge is -1.94. The van der Waals surface area contributed by atoms with Crippen molar-refractivity contribution < 1.29 is 2.74 Å². The van der Waals surface area contributed by atoms with Crippen molar-refractivity contribution in [2.45, 2.75) is 6.88 Å². The van der Waals surface area contributed by atoms with Gasteiger partial charge in [0.15, 0.2) is 0 Å². The summed E-state index contributed by atoms with van der Waals surface area (Å²) in [4.78, 5) is 3.82. The van der Waals surface area contributed by atoms with Gasteiger partial charge in [0, 0.05) is 13.4 Å². The van der Waals surface area contributed by atoms with Crippen molar-refractivity contribution in [2.75, 3.05) is 0 Å². The molecule has 1 heterocycles. The van der Waals surface area contributed by atoms with Gasteiger partial charge in [-0.05, 0) is 28.9 Å². The topological polar surface area (TPSA) is 12.9 Å². The second-order valence-electron chi connectivity index (χ2n) is 1.52. The average molecular weight is 208 g/mol. The molecule has 0 N–H and O–H groups in total. The molecule has 0 amide bonds. The Hall–Kier alpha value is -0.0800. The first-order chi connectivity index (χ1) is 5.11. The normalized spacial score (nSPS) is 13.2. The van der Waals surface area contributed by atoms with Crippen LogP contribution >= 0.6 is 27.5 Å². The van der Waals surface area contributed by atoms with E-state index in [9.17, 15) is 0 Å². The summed E-state index contributed by atoms with van der Waals surface area (Å²) in [6, 6.07) is 1.62. The van der Waals surface area contributed by atoms with E-state index in [1.54, 1.807) is 6.07 Å². The van der Waals surface area contributed by atoms with E-state index in [4.69, 9.17) is 14.3 Å². The third kappa shape index (κ3) is 1.66. The number of nitrogens with zero attached hydrogens (tertiary/aromatic N) is 1. The minimum atomic E-state index is -1.07. The van der Waals surface area contributed by atoms with E-state index in [-0.39, 0.29) is 0 Å². The zero-order chi connectivity index (χ0) is 8.43. The Morgan fingerprint density at radius 2 is 2.67 bits per heavy atom. The van der Waals surface area contributed by atoms with E-state index < -0.39 is 6.88 Å². The average Bonchev–Trinajstić information content (AvgIpc) is 1.85. The molecule has 48 valence electrons. The first-order valence-electron chi connectivity index (χ1n) is 3.42. The van der Waals surface area contributed by atoms with E-state index in [0.29, 0.717) is 15.2 Å². The molecule has 0 aliphatic heterocycles. The summed E-state index contributed by atoms with van der Waals surface area (Å²) in [6.07, 6.45) is 1.43. The van der Waals surface area contributed by atoms with Crippen LogP contribution in [0.15, 0.2) is 16.7 Å². The van der Waals surface area contributed by atoms with Gasteiger partial charge in [0.1, 0.15) is 0 Å². The predicted molar refractivity (Wildman–Crippen MR) is 41.7 cm³/mol. The molecule has 0 aliphatic carbocycles. The van der Waals surface area contributed by atoms with Crippen LogP contribution < -0.4 is 0 Å². The van der Waals surface area contributed by atoms with Gasteiger partial charge in [-0.25, -0.2) is 0 Å². The van der Waals surface area contributed by atoms with Crippen molar-refractivity contribution in [1.82, 2.24) is 4.98 Å². The van der Waals surface area contributed by atoms with Crippen molar-refractivity contribution in [3.8, 4) is 0 Å². The van der Waals surface area contributed by atoms with Gasteiger partial charge in [-0.2, -0.15) is 0 Å². The van der Waals surface area contributed by atoms with Crippen LogP contribution in [0.3, 0.4) is 0 Å². The lowest BCUT2D eigenvalue weighted by atomic mass is 10.4. The van der Waals surface area contributed by atoms with Crippen LogP contribution in [0.25, 0.3) is 0 Å². The molecular formula is C6H5BrClN. The molecule has 0 bridgehead atoms. The van der Waals surface area contributed by atoms with E-state index in [0.717, 1.165) is 0 Å². The third-order valence-electron chi connectivity index (χ3n) is 0.836. The predicted octanol–water partition coefficient (Wildman–Crippen LogP) is 2.81. The van der Waals surface area contributed by atoms with Gasteiger partial charge in [0.25, 0.3) is 0 Å². The fourth-order valence-electron chi connectivity index (χ4n) is 0.425. The molecule has 1 aromatic rings. The summed E-state index contributed by atoms with van der Waals surface area (Å²) in [5.74, 6) is 0. The van der Waals surface area contributed by atoms with E-state index in [1.807, 2.05) is 0 Å². The maximum absolute atomic E-state index is 7.06. The fourth-order valence-corrected chi connectivity index (χ4v) is 1.06. The Morgan fingerprint density at radius 3 is 3.22 bits per heavy atom. The second kappa shape index (κ2) is 2.67. The molecule has 0 atom stereocenters. The molecule has 1 nitrogen and oxygen atoms in total. The Morgan fingerprint density at radius 1 is 1.89 bits per heavy atom. The van der Waals surface area contributed by atoms with Gasteiger partial charge in [-0.1, -0.05) is 11.6 Å². The summed E-state index contributed by atoms with van der Waals surface area (Å²) in [5, 5.41) is 0.501. The maximum Gasteiger partial charge on any atom is 0.0600 e. The zero-order valence-corrected chi connectivity index (χ0v) is 6.78. The Bertz CT molecular complexity index is 267. The van der Waals surface area contributed by atoms with E-state index in [2.05, 4.69) is 20.9 Å². The molecule has 3 heteroatoms. The number of aryl methyl sites for hydroxylation is 1. The molecule has 0 aliphatic rings. The molecule has 0 unspecified atom stereocenters. The zero-order valence-electron chi connectivity index (χ0n) is 6.44. The van der Waals surface area contributed by atoms with E-state index >= 15 is 0 Å². The molecule has 0 aromatic carbocycles. The summed E-state index contributed by atoms with van der Waals surface area (Å²) in [7, 11) is 0. The van der Waals surface area contributed by atoms with Crippen LogP contribution in [-0.4, -0.2) is 4.98 Å². The summed E-state index contributed by atoms with van der Waals surface area (Å²) in [6.45, 7) is -1.07. The van der Waals surface area contributed by atoms with E-state index in [1.165, 1.54) is 6.20 Å². The highest BCUT2D eigenvalue weighted by atomic mass is 79.9. The fraction of sp³-hybridized carbons (Fsp3) is 0.167. The molecule has 0 saturated carbocycles.